The average molecular weight is 176 g/mol. The quantitative estimate of drug-likeness (QED) is 0.532. The van der Waals surface area contributed by atoms with Gasteiger partial charge >= 0.3 is 37.7 Å². The predicted molar refractivity (Wildman–Crippen MR) is 42.7 cm³/mol. The fourth-order valence-electron chi connectivity index (χ4n) is 0.356. The molecule has 0 rings (SSSR count). The Labute approximate surface area is 91.4 Å². The van der Waals surface area contributed by atoms with Crippen molar-refractivity contribution in [2.75, 3.05) is 13.2 Å². The number of aliphatic hydroxyl groups is 2. The molecule has 0 bridgehead atoms. The van der Waals surface area contributed by atoms with Gasteiger partial charge in [0.1, 0.15) is 0 Å². The molecule has 60 valence electrons. The molecule has 0 aromatic rings. The molecule has 0 saturated heterocycles. The molecule has 2 unspecified atom stereocenters. The van der Waals surface area contributed by atoms with Crippen LogP contribution in [0.2, 0.25) is 0 Å². The summed E-state index contributed by atoms with van der Waals surface area (Å²) in [5.41, 5.74) is 0. The van der Waals surface area contributed by atoms with Gasteiger partial charge in [0.15, 0.2) is 0 Å². The number of hydrogen-bond donors (Lipinski definition) is 2. The van der Waals surface area contributed by atoms with Gasteiger partial charge < -0.3 is 14.9 Å². The standard InChI is InChI=1S/C6H14O3.Ca.2H/c1-5(8)4-9-6(2)3-7;;;/h5-8H,3-4H2,1-2H3;;;. The van der Waals surface area contributed by atoms with Crippen LogP contribution >= 0.6 is 0 Å². The Kier molecular flexibility index (Phi) is 11.3. The van der Waals surface area contributed by atoms with Gasteiger partial charge in [0.25, 0.3) is 0 Å². The van der Waals surface area contributed by atoms with E-state index in [4.69, 9.17) is 14.9 Å². The van der Waals surface area contributed by atoms with Gasteiger partial charge in [-0.15, -0.1) is 0 Å². The van der Waals surface area contributed by atoms with Crippen LogP contribution < -0.4 is 0 Å². The Morgan fingerprint density at radius 2 is 1.90 bits per heavy atom. The van der Waals surface area contributed by atoms with Crippen LogP contribution in [0.5, 0.6) is 0 Å². The molecule has 0 aromatic heterocycles. The number of hydrogen-bond acceptors (Lipinski definition) is 3. The Balaban J connectivity index is 0. The van der Waals surface area contributed by atoms with Crippen LogP contribution in [0, 0.1) is 0 Å². The monoisotopic (exact) mass is 176 g/mol. The van der Waals surface area contributed by atoms with Gasteiger partial charge in [0.2, 0.25) is 0 Å². The second kappa shape index (κ2) is 8.24. The topological polar surface area (TPSA) is 49.7 Å². The molecule has 2 atom stereocenters. The minimum absolute atomic E-state index is 0. The van der Waals surface area contributed by atoms with Crippen LogP contribution in [0.15, 0.2) is 0 Å². The van der Waals surface area contributed by atoms with Crippen molar-refractivity contribution in [2.24, 2.45) is 0 Å². The van der Waals surface area contributed by atoms with Crippen LogP contribution in [0.3, 0.4) is 0 Å². The summed E-state index contributed by atoms with van der Waals surface area (Å²) in [6.45, 7) is 3.70. The SMILES string of the molecule is CC(O)COC(C)CO.[CaH2]. The van der Waals surface area contributed by atoms with Crippen molar-refractivity contribution in [1.82, 2.24) is 0 Å². The zero-order valence-corrected chi connectivity index (χ0v) is 5.87. The number of ether oxygens (including phenoxy) is 1. The van der Waals surface area contributed by atoms with Crippen molar-refractivity contribution in [3.63, 3.8) is 0 Å². The second-order valence-electron chi connectivity index (χ2n) is 2.18. The Bertz CT molecular complexity index is 68.0. The molecule has 10 heavy (non-hydrogen) atoms. The first kappa shape index (κ1) is 13.7. The van der Waals surface area contributed by atoms with E-state index < -0.39 is 6.10 Å². The molecule has 4 heteroatoms. The summed E-state index contributed by atoms with van der Waals surface area (Å²) in [6, 6.07) is 0. The summed E-state index contributed by atoms with van der Waals surface area (Å²) in [5.74, 6) is 0. The van der Waals surface area contributed by atoms with Gasteiger partial charge in [-0.2, -0.15) is 0 Å². The van der Waals surface area contributed by atoms with E-state index in [9.17, 15) is 0 Å². The van der Waals surface area contributed by atoms with Crippen molar-refractivity contribution in [2.45, 2.75) is 26.1 Å². The summed E-state index contributed by atoms with van der Waals surface area (Å²) in [7, 11) is 0. The Morgan fingerprint density at radius 1 is 1.40 bits per heavy atom. The third-order valence-corrected chi connectivity index (χ3v) is 0.879. The normalized spacial score (nSPS) is 15.6. The van der Waals surface area contributed by atoms with Crippen molar-refractivity contribution < 1.29 is 14.9 Å². The summed E-state index contributed by atoms with van der Waals surface area (Å²) in [5, 5.41) is 17.1. The van der Waals surface area contributed by atoms with E-state index in [1.807, 2.05) is 0 Å². The van der Waals surface area contributed by atoms with Crippen LogP contribution in [-0.4, -0.2) is 73.4 Å². The maximum absolute atomic E-state index is 8.69. The van der Waals surface area contributed by atoms with Crippen LogP contribution in [0.4, 0.5) is 0 Å². The van der Waals surface area contributed by atoms with Crippen molar-refractivity contribution >= 4 is 37.7 Å². The molecule has 0 amide bonds. The van der Waals surface area contributed by atoms with Gasteiger partial charge in [-0.05, 0) is 13.8 Å². The summed E-state index contributed by atoms with van der Waals surface area (Å²) in [6.07, 6.45) is -0.612. The van der Waals surface area contributed by atoms with E-state index >= 15 is 0 Å². The molecule has 0 spiro atoms. The van der Waals surface area contributed by atoms with Gasteiger partial charge in [0, 0.05) is 0 Å². The van der Waals surface area contributed by atoms with Gasteiger partial charge in [-0.25, -0.2) is 0 Å². The molecule has 2 N–H and O–H groups in total. The van der Waals surface area contributed by atoms with E-state index in [0.717, 1.165) is 0 Å². The van der Waals surface area contributed by atoms with Crippen LogP contribution in [-0.2, 0) is 4.74 Å². The first-order valence-corrected chi connectivity index (χ1v) is 3.07. The fraction of sp³-hybridized carbons (Fsp3) is 1.00. The molecule has 0 fully saturated rings. The molecule has 3 nitrogen and oxygen atoms in total. The maximum atomic E-state index is 8.69. The summed E-state index contributed by atoms with van der Waals surface area (Å²) in [4.78, 5) is 0. The summed E-state index contributed by atoms with van der Waals surface area (Å²) >= 11 is 0. The van der Waals surface area contributed by atoms with E-state index in [0.29, 0.717) is 6.61 Å². The average Bonchev–Trinajstić information content (AvgIpc) is 1.83. The number of rotatable bonds is 4. The van der Waals surface area contributed by atoms with E-state index in [1.54, 1.807) is 13.8 Å². The van der Waals surface area contributed by atoms with E-state index in [1.165, 1.54) is 0 Å². The van der Waals surface area contributed by atoms with Gasteiger partial charge in [-0.3, -0.25) is 0 Å². The molecular weight excluding hydrogens is 160 g/mol. The molecular formula is C6H16CaO3. The summed E-state index contributed by atoms with van der Waals surface area (Å²) < 4.78 is 4.95. The van der Waals surface area contributed by atoms with Crippen molar-refractivity contribution in [3.05, 3.63) is 0 Å². The molecule has 0 saturated carbocycles. The zero-order valence-electron chi connectivity index (χ0n) is 5.87. The number of aliphatic hydroxyl groups excluding tert-OH is 2. The van der Waals surface area contributed by atoms with Crippen LogP contribution in [0.1, 0.15) is 13.8 Å². The van der Waals surface area contributed by atoms with Crippen molar-refractivity contribution in [1.29, 1.82) is 0 Å². The molecule has 0 aliphatic rings. The molecule has 0 aromatic carbocycles. The van der Waals surface area contributed by atoms with Crippen molar-refractivity contribution in [3.8, 4) is 0 Å². The first-order valence-electron chi connectivity index (χ1n) is 3.07. The van der Waals surface area contributed by atoms with E-state index in [-0.39, 0.29) is 50.4 Å². The van der Waals surface area contributed by atoms with E-state index in [2.05, 4.69) is 0 Å². The molecule has 0 aliphatic heterocycles. The van der Waals surface area contributed by atoms with Crippen LogP contribution in [0.25, 0.3) is 0 Å². The zero-order chi connectivity index (χ0) is 7.28. The third kappa shape index (κ3) is 9.14. The first-order chi connectivity index (χ1) is 4.16. The molecule has 0 heterocycles. The third-order valence-electron chi connectivity index (χ3n) is 0.879. The fourth-order valence-corrected chi connectivity index (χ4v) is 0.356. The van der Waals surface area contributed by atoms with Gasteiger partial charge in [-0.1, -0.05) is 0 Å². The molecule has 0 aliphatic carbocycles. The van der Waals surface area contributed by atoms with Gasteiger partial charge in [0.05, 0.1) is 25.4 Å². The second-order valence-corrected chi connectivity index (χ2v) is 2.18. The predicted octanol–water partition coefficient (Wildman–Crippen LogP) is -1.15. The Morgan fingerprint density at radius 3 is 2.20 bits per heavy atom. The minimum atomic E-state index is -0.445. The Hall–Kier alpha value is 1.14. The molecule has 0 radical (unpaired) electrons.